The summed E-state index contributed by atoms with van der Waals surface area (Å²) < 4.78 is 0.712. The molecule has 0 saturated heterocycles. The van der Waals surface area contributed by atoms with Crippen LogP contribution in [0.25, 0.3) is 0 Å². The number of hydrogen-bond donors (Lipinski definition) is 0. The molecule has 1 unspecified atom stereocenters. The van der Waals surface area contributed by atoms with Crippen LogP contribution in [0, 0.1) is 11.8 Å². The van der Waals surface area contributed by atoms with E-state index in [-0.39, 0.29) is 0 Å². The molecular weight excluding hydrogens is 214 g/mol. The Bertz CT molecular complexity index is 163. The molecule has 0 fully saturated rings. The number of aliphatic imine (C=N–C) groups is 1. The van der Waals surface area contributed by atoms with Crippen LogP contribution in [0.2, 0.25) is 0 Å². The maximum Gasteiger partial charge on any atom is 0.0980 e. The molecule has 70 valence electrons. The van der Waals surface area contributed by atoms with Crippen molar-refractivity contribution in [2.45, 2.75) is 33.6 Å². The van der Waals surface area contributed by atoms with E-state index in [2.05, 4.69) is 48.3 Å². The lowest BCUT2D eigenvalue weighted by Gasteiger charge is -2.16. The fraction of sp³-hybridized carbons (Fsp3) is 0.700. The molecule has 0 amide bonds. The molecule has 1 nitrogen and oxygen atoms in total. The van der Waals surface area contributed by atoms with Gasteiger partial charge >= 0.3 is 0 Å². The van der Waals surface area contributed by atoms with Crippen molar-refractivity contribution in [2.75, 3.05) is 0 Å². The molecule has 0 bridgehead atoms. The van der Waals surface area contributed by atoms with Crippen LogP contribution in [-0.4, -0.2) is 6.21 Å². The van der Waals surface area contributed by atoms with Gasteiger partial charge in [0.25, 0.3) is 0 Å². The van der Waals surface area contributed by atoms with Gasteiger partial charge < -0.3 is 0 Å². The number of nitrogens with zero attached hydrogens (tertiary/aromatic N) is 1. The van der Waals surface area contributed by atoms with Crippen molar-refractivity contribution in [2.24, 2.45) is 16.8 Å². The Balaban J connectivity index is 4.07. The monoisotopic (exact) mass is 231 g/mol. The average molecular weight is 232 g/mol. The van der Waals surface area contributed by atoms with Gasteiger partial charge in [-0.25, -0.2) is 0 Å². The summed E-state index contributed by atoms with van der Waals surface area (Å²) in [6, 6.07) is 0. The Kier molecular flexibility index (Phi) is 6.35. The van der Waals surface area contributed by atoms with Crippen LogP contribution < -0.4 is 0 Å². The molecule has 0 aliphatic rings. The molecule has 12 heavy (non-hydrogen) atoms. The van der Waals surface area contributed by atoms with Crippen molar-refractivity contribution < 1.29 is 0 Å². The number of rotatable bonds is 5. The summed E-state index contributed by atoms with van der Waals surface area (Å²) >= 11 is 3.21. The molecule has 2 heteroatoms. The van der Waals surface area contributed by atoms with Gasteiger partial charge in [0.2, 0.25) is 0 Å². The van der Waals surface area contributed by atoms with Gasteiger partial charge in [-0.05, 0) is 34.2 Å². The van der Waals surface area contributed by atoms with Crippen LogP contribution in [0.5, 0.6) is 0 Å². The predicted octanol–water partition coefficient (Wildman–Crippen LogP) is 4.00. The van der Waals surface area contributed by atoms with E-state index < -0.39 is 0 Å². The minimum atomic E-state index is 0.587. The Morgan fingerprint density at radius 2 is 2.08 bits per heavy atom. The van der Waals surface area contributed by atoms with Crippen molar-refractivity contribution in [1.29, 1.82) is 0 Å². The third kappa shape index (κ3) is 4.70. The van der Waals surface area contributed by atoms with Crippen molar-refractivity contribution in [3.8, 4) is 0 Å². The Morgan fingerprint density at radius 1 is 1.50 bits per heavy atom. The third-order valence-corrected chi connectivity index (χ3v) is 2.46. The SMILES string of the molecule is C=C(Br)N=C[C@@H](CC)C(C)CC. The van der Waals surface area contributed by atoms with Crippen LogP contribution in [-0.2, 0) is 0 Å². The second-order valence-corrected chi connectivity index (χ2v) is 4.03. The van der Waals surface area contributed by atoms with Crippen LogP contribution in [0.1, 0.15) is 33.6 Å². The topological polar surface area (TPSA) is 12.4 Å². The van der Waals surface area contributed by atoms with E-state index in [0.29, 0.717) is 16.4 Å². The van der Waals surface area contributed by atoms with Gasteiger partial charge in [-0.15, -0.1) is 0 Å². The van der Waals surface area contributed by atoms with E-state index in [1.54, 1.807) is 0 Å². The predicted molar refractivity (Wildman–Crippen MR) is 59.8 cm³/mol. The quantitative estimate of drug-likeness (QED) is 0.502. The molecule has 0 heterocycles. The van der Waals surface area contributed by atoms with Gasteiger partial charge in [-0.3, -0.25) is 4.99 Å². The van der Waals surface area contributed by atoms with Gasteiger partial charge in [0, 0.05) is 6.21 Å². The summed E-state index contributed by atoms with van der Waals surface area (Å²) in [6.45, 7) is 10.3. The third-order valence-electron chi connectivity index (χ3n) is 2.25. The molecule has 0 N–H and O–H groups in total. The average Bonchev–Trinajstić information content (AvgIpc) is 2.04. The molecule has 0 aliphatic heterocycles. The Labute approximate surface area is 84.1 Å². The number of hydrogen-bond acceptors (Lipinski definition) is 1. The maximum absolute atomic E-state index is 4.16. The largest absolute Gasteiger partial charge is 0.254 e. The molecule has 2 atom stereocenters. The normalized spacial score (nSPS) is 16.3. The van der Waals surface area contributed by atoms with Crippen molar-refractivity contribution in [3.05, 3.63) is 11.2 Å². The van der Waals surface area contributed by atoms with E-state index >= 15 is 0 Å². The molecular formula is C10H18BrN. The van der Waals surface area contributed by atoms with Gasteiger partial charge in [-0.2, -0.15) is 0 Å². The summed E-state index contributed by atoms with van der Waals surface area (Å²) in [5, 5.41) is 0. The molecule has 0 radical (unpaired) electrons. The van der Waals surface area contributed by atoms with Crippen LogP contribution in [0.4, 0.5) is 0 Å². The van der Waals surface area contributed by atoms with E-state index in [9.17, 15) is 0 Å². The lowest BCUT2D eigenvalue weighted by atomic mass is 9.91. The fourth-order valence-electron chi connectivity index (χ4n) is 1.13. The van der Waals surface area contributed by atoms with Gasteiger partial charge in [0.05, 0.1) is 4.61 Å². The smallest absolute Gasteiger partial charge is 0.0980 e. The first kappa shape index (κ1) is 11.9. The summed E-state index contributed by atoms with van der Waals surface area (Å²) in [5.41, 5.74) is 0. The number of halogens is 1. The minimum absolute atomic E-state index is 0.587. The maximum atomic E-state index is 4.16. The summed E-state index contributed by atoms with van der Waals surface area (Å²) in [4.78, 5) is 4.16. The highest BCUT2D eigenvalue weighted by Gasteiger charge is 2.10. The van der Waals surface area contributed by atoms with Crippen molar-refractivity contribution in [3.63, 3.8) is 0 Å². The molecule has 0 saturated carbocycles. The highest BCUT2D eigenvalue weighted by atomic mass is 79.9. The van der Waals surface area contributed by atoms with E-state index in [0.717, 1.165) is 6.42 Å². The van der Waals surface area contributed by atoms with Crippen LogP contribution in [0.3, 0.4) is 0 Å². The second-order valence-electron chi connectivity index (χ2n) is 3.11. The van der Waals surface area contributed by atoms with Crippen LogP contribution >= 0.6 is 15.9 Å². The summed E-state index contributed by atoms with van der Waals surface area (Å²) in [5.74, 6) is 1.30. The van der Waals surface area contributed by atoms with Gasteiger partial charge in [-0.1, -0.05) is 33.8 Å². The highest BCUT2D eigenvalue weighted by Crippen LogP contribution is 2.17. The van der Waals surface area contributed by atoms with Crippen molar-refractivity contribution >= 4 is 22.1 Å². The van der Waals surface area contributed by atoms with Crippen molar-refractivity contribution in [1.82, 2.24) is 0 Å². The van der Waals surface area contributed by atoms with E-state index in [1.807, 2.05) is 6.21 Å². The lowest BCUT2D eigenvalue weighted by Crippen LogP contribution is -2.11. The molecule has 0 rings (SSSR count). The zero-order valence-electron chi connectivity index (χ0n) is 8.18. The summed E-state index contributed by atoms with van der Waals surface area (Å²) in [6.07, 6.45) is 4.36. The highest BCUT2D eigenvalue weighted by molar-refractivity contribution is 9.11. The zero-order chi connectivity index (χ0) is 9.56. The van der Waals surface area contributed by atoms with Crippen LogP contribution in [0.15, 0.2) is 16.2 Å². The first-order valence-corrected chi connectivity index (χ1v) is 5.29. The Hall–Kier alpha value is -0.110. The first-order chi connectivity index (χ1) is 5.61. The molecule has 0 aromatic carbocycles. The van der Waals surface area contributed by atoms with E-state index in [1.165, 1.54) is 6.42 Å². The molecule has 0 aromatic rings. The summed E-state index contributed by atoms with van der Waals surface area (Å²) in [7, 11) is 0. The lowest BCUT2D eigenvalue weighted by molar-refractivity contribution is 0.436. The molecule has 0 aliphatic carbocycles. The second kappa shape index (κ2) is 6.41. The minimum Gasteiger partial charge on any atom is -0.254 e. The van der Waals surface area contributed by atoms with Gasteiger partial charge in [0.1, 0.15) is 0 Å². The zero-order valence-corrected chi connectivity index (χ0v) is 9.76. The van der Waals surface area contributed by atoms with E-state index in [4.69, 9.17) is 0 Å². The fourth-order valence-corrected chi connectivity index (χ4v) is 1.25. The van der Waals surface area contributed by atoms with Gasteiger partial charge in [0.15, 0.2) is 0 Å². The standard InChI is InChI=1S/C10H18BrN/c1-5-8(3)10(6-2)7-12-9(4)11/h7-8,10H,4-6H2,1-3H3/t8?,10-/m1/s1. The molecule has 0 aromatic heterocycles. The molecule has 0 spiro atoms. The first-order valence-electron chi connectivity index (χ1n) is 4.50. The Morgan fingerprint density at radius 3 is 2.42 bits per heavy atom.